The predicted octanol–water partition coefficient (Wildman–Crippen LogP) is 5.50. The van der Waals surface area contributed by atoms with Crippen molar-refractivity contribution in [2.75, 3.05) is 5.75 Å². The Kier molecular flexibility index (Phi) is 6.34. The lowest BCUT2D eigenvalue weighted by molar-refractivity contribution is -0.121. The molecule has 0 atom stereocenters. The number of nitrogens with one attached hydrogen (secondary N) is 2. The van der Waals surface area contributed by atoms with Gasteiger partial charge in [-0.15, -0.1) is 22.7 Å². The molecule has 9 heteroatoms. The van der Waals surface area contributed by atoms with Gasteiger partial charge < -0.3 is 0 Å². The van der Waals surface area contributed by atoms with E-state index in [1.54, 1.807) is 23.1 Å². The van der Waals surface area contributed by atoms with Gasteiger partial charge in [0.05, 0.1) is 15.2 Å². The maximum Gasteiger partial charge on any atom is 0.281 e. The topological polar surface area (TPSA) is 71.1 Å². The molecule has 4 aromatic rings. The number of thiazole rings is 1. The van der Waals surface area contributed by atoms with E-state index in [4.69, 9.17) is 11.6 Å². The van der Waals surface area contributed by atoms with E-state index in [9.17, 15) is 9.59 Å². The highest BCUT2D eigenvalue weighted by Gasteiger charge is 2.17. The lowest BCUT2D eigenvalue weighted by Gasteiger charge is -2.06. The molecule has 2 aromatic heterocycles. The molecule has 2 aromatic carbocycles. The number of benzene rings is 2. The number of amides is 2. The van der Waals surface area contributed by atoms with Crippen LogP contribution in [0.15, 0.2) is 52.9 Å². The van der Waals surface area contributed by atoms with E-state index in [0.717, 1.165) is 30.4 Å². The second-order valence-electron chi connectivity index (χ2n) is 6.14. The van der Waals surface area contributed by atoms with Crippen molar-refractivity contribution in [1.29, 1.82) is 0 Å². The molecule has 0 fully saturated rings. The van der Waals surface area contributed by atoms with Gasteiger partial charge in [-0.25, -0.2) is 4.98 Å². The van der Waals surface area contributed by atoms with Gasteiger partial charge in [0.1, 0.15) is 4.88 Å². The van der Waals surface area contributed by atoms with Gasteiger partial charge in [-0.3, -0.25) is 20.4 Å². The van der Waals surface area contributed by atoms with Crippen LogP contribution in [0, 0.1) is 0 Å². The predicted molar refractivity (Wildman–Crippen MR) is 122 cm³/mol. The molecule has 0 aliphatic heterocycles. The summed E-state index contributed by atoms with van der Waals surface area (Å²) in [5.41, 5.74) is 5.91. The van der Waals surface area contributed by atoms with Gasteiger partial charge in [0.25, 0.3) is 5.91 Å². The molecule has 29 heavy (non-hydrogen) atoms. The van der Waals surface area contributed by atoms with Crippen LogP contribution in [0.1, 0.15) is 22.5 Å². The molecular weight excluding hydrogens is 446 g/mol. The Morgan fingerprint density at radius 3 is 2.55 bits per heavy atom. The monoisotopic (exact) mass is 461 g/mol. The second kappa shape index (κ2) is 9.13. The first-order valence-corrected chi connectivity index (χ1v) is 11.9. The fourth-order valence-electron chi connectivity index (χ4n) is 2.71. The van der Waals surface area contributed by atoms with Crippen LogP contribution in [-0.2, 0) is 4.79 Å². The number of thiophene rings is 1. The number of fused-ring (bicyclic) bond motifs is 2. The molecule has 2 heterocycles. The number of hydrogen-bond donors (Lipinski definition) is 2. The summed E-state index contributed by atoms with van der Waals surface area (Å²) in [6.45, 7) is 0. The van der Waals surface area contributed by atoms with Gasteiger partial charge in [-0.1, -0.05) is 53.7 Å². The quantitative estimate of drug-likeness (QED) is 0.226. The Hall–Kier alpha value is -2.13. The summed E-state index contributed by atoms with van der Waals surface area (Å²) in [6, 6.07) is 15.6. The number of hydrogen-bond acceptors (Lipinski definition) is 6. The normalized spacial score (nSPS) is 11.1. The average Bonchev–Trinajstić information content (AvgIpc) is 3.30. The molecule has 5 nitrogen and oxygen atoms in total. The summed E-state index contributed by atoms with van der Waals surface area (Å²) in [5, 5.41) is 1.24. The highest BCUT2D eigenvalue weighted by Crippen LogP contribution is 2.35. The molecule has 0 saturated carbocycles. The number of halogens is 1. The van der Waals surface area contributed by atoms with E-state index in [-0.39, 0.29) is 5.91 Å². The first-order chi connectivity index (χ1) is 14.1. The molecular formula is C20H16ClN3O2S3. The van der Waals surface area contributed by atoms with Crippen molar-refractivity contribution in [2.24, 2.45) is 0 Å². The molecule has 0 spiro atoms. The Balaban J connectivity index is 1.22. The van der Waals surface area contributed by atoms with Crippen LogP contribution >= 0.6 is 46.0 Å². The smallest absolute Gasteiger partial charge is 0.273 e. The van der Waals surface area contributed by atoms with Gasteiger partial charge in [-0.05, 0) is 24.6 Å². The van der Waals surface area contributed by atoms with Crippen molar-refractivity contribution >= 4 is 78.2 Å². The van der Waals surface area contributed by atoms with Gasteiger partial charge in [0.2, 0.25) is 5.91 Å². The second-order valence-corrected chi connectivity index (χ2v) is 9.95. The van der Waals surface area contributed by atoms with Crippen molar-refractivity contribution in [1.82, 2.24) is 15.8 Å². The van der Waals surface area contributed by atoms with Gasteiger partial charge in [0, 0.05) is 22.3 Å². The zero-order valence-corrected chi connectivity index (χ0v) is 18.3. The van der Waals surface area contributed by atoms with Crippen LogP contribution in [0.25, 0.3) is 20.3 Å². The molecule has 0 radical (unpaired) electrons. The average molecular weight is 462 g/mol. The van der Waals surface area contributed by atoms with E-state index in [1.807, 2.05) is 42.5 Å². The highest BCUT2D eigenvalue weighted by molar-refractivity contribution is 8.01. The molecule has 4 rings (SSSR count). The summed E-state index contributed by atoms with van der Waals surface area (Å²) < 4.78 is 3.09. The van der Waals surface area contributed by atoms with Crippen molar-refractivity contribution in [3.8, 4) is 0 Å². The van der Waals surface area contributed by atoms with E-state index < -0.39 is 5.91 Å². The molecule has 0 saturated heterocycles. The van der Waals surface area contributed by atoms with Crippen molar-refractivity contribution in [3.05, 3.63) is 58.4 Å². The van der Waals surface area contributed by atoms with Gasteiger partial charge in [-0.2, -0.15) is 0 Å². The zero-order chi connectivity index (χ0) is 20.2. The number of carbonyl (C=O) groups is 2. The van der Waals surface area contributed by atoms with Crippen LogP contribution in [0.3, 0.4) is 0 Å². The fraction of sp³-hybridized carbons (Fsp3) is 0.150. The summed E-state index contributed by atoms with van der Waals surface area (Å²) in [5.74, 6) is 0.137. The van der Waals surface area contributed by atoms with Gasteiger partial charge in [0.15, 0.2) is 4.34 Å². The standard InChI is InChI=1S/C20H16ClN3O2S3/c21-17-12-6-1-3-8-14(12)28-18(17)19(26)24-23-16(25)10-5-11-27-20-22-13-7-2-4-9-15(13)29-20/h1-4,6-9H,5,10-11H2,(H,23,25)(H,24,26). The summed E-state index contributed by atoms with van der Waals surface area (Å²) in [7, 11) is 0. The SMILES string of the molecule is O=C(CCCSc1nc2ccccc2s1)NNC(=O)c1sc2ccccc2c1Cl. The number of nitrogens with zero attached hydrogens (tertiary/aromatic N) is 1. The molecule has 0 bridgehead atoms. The molecule has 2 N–H and O–H groups in total. The van der Waals surface area contributed by atoms with Crippen LogP contribution in [0.2, 0.25) is 5.02 Å². The number of para-hydroxylation sites is 1. The minimum atomic E-state index is -0.409. The Labute approximate surface area is 184 Å². The van der Waals surface area contributed by atoms with Gasteiger partial charge >= 0.3 is 0 Å². The number of thioether (sulfide) groups is 1. The van der Waals surface area contributed by atoms with Crippen LogP contribution in [0.5, 0.6) is 0 Å². The summed E-state index contributed by atoms with van der Waals surface area (Å²) >= 11 is 10.9. The summed E-state index contributed by atoms with van der Waals surface area (Å²) in [4.78, 5) is 29.3. The van der Waals surface area contributed by atoms with E-state index in [1.165, 1.54) is 11.3 Å². The Morgan fingerprint density at radius 1 is 1.00 bits per heavy atom. The minimum absolute atomic E-state index is 0.236. The first-order valence-electron chi connectivity index (χ1n) is 8.86. The number of aromatic nitrogens is 1. The van der Waals surface area contributed by atoms with E-state index in [0.29, 0.717) is 22.7 Å². The third kappa shape index (κ3) is 4.72. The number of carbonyl (C=O) groups excluding carboxylic acids is 2. The highest BCUT2D eigenvalue weighted by atomic mass is 35.5. The fourth-order valence-corrected chi connectivity index (χ4v) is 6.20. The Morgan fingerprint density at radius 2 is 1.76 bits per heavy atom. The largest absolute Gasteiger partial charge is 0.281 e. The third-order valence-electron chi connectivity index (χ3n) is 4.10. The number of hydrazine groups is 1. The lowest BCUT2D eigenvalue weighted by atomic mass is 10.2. The Bertz CT molecular complexity index is 1160. The van der Waals surface area contributed by atoms with E-state index in [2.05, 4.69) is 21.9 Å². The maximum absolute atomic E-state index is 12.3. The number of rotatable bonds is 6. The van der Waals surface area contributed by atoms with Crippen LogP contribution in [-0.4, -0.2) is 22.6 Å². The third-order valence-corrected chi connectivity index (χ3v) is 8.04. The summed E-state index contributed by atoms with van der Waals surface area (Å²) in [6.07, 6.45) is 1.00. The maximum atomic E-state index is 12.3. The molecule has 148 valence electrons. The molecule has 0 aliphatic carbocycles. The molecule has 2 amide bonds. The van der Waals surface area contributed by atoms with Crippen molar-refractivity contribution in [3.63, 3.8) is 0 Å². The van der Waals surface area contributed by atoms with Crippen LogP contribution in [0.4, 0.5) is 0 Å². The molecule has 0 unspecified atom stereocenters. The minimum Gasteiger partial charge on any atom is -0.273 e. The zero-order valence-electron chi connectivity index (χ0n) is 15.1. The lowest BCUT2D eigenvalue weighted by Crippen LogP contribution is -2.41. The van der Waals surface area contributed by atoms with Crippen molar-refractivity contribution < 1.29 is 9.59 Å². The van der Waals surface area contributed by atoms with Crippen molar-refractivity contribution in [2.45, 2.75) is 17.2 Å². The first kappa shape index (κ1) is 20.2. The van der Waals surface area contributed by atoms with E-state index >= 15 is 0 Å². The van der Waals surface area contributed by atoms with Crippen LogP contribution < -0.4 is 10.9 Å². The molecule has 0 aliphatic rings.